The quantitative estimate of drug-likeness (QED) is 0.816. The summed E-state index contributed by atoms with van der Waals surface area (Å²) < 4.78 is 19.1. The standard InChI is InChI=1S/C14H18FNO/c15-12-2-1-3-13(16)14(12)17-8-11-7-9-4-5-10(11)6-9/h1-3,9-11H,4-8,16H2. The zero-order chi connectivity index (χ0) is 11.8. The largest absolute Gasteiger partial charge is 0.488 e. The van der Waals surface area contributed by atoms with Gasteiger partial charge in [0.15, 0.2) is 11.6 Å². The van der Waals surface area contributed by atoms with Crippen LogP contribution in [0.5, 0.6) is 5.75 Å². The van der Waals surface area contributed by atoms with E-state index in [0.717, 1.165) is 11.8 Å². The Hall–Kier alpha value is -1.25. The summed E-state index contributed by atoms with van der Waals surface area (Å²) in [6.45, 7) is 0.617. The van der Waals surface area contributed by atoms with Crippen molar-refractivity contribution in [2.75, 3.05) is 12.3 Å². The van der Waals surface area contributed by atoms with Crippen LogP contribution in [0.25, 0.3) is 0 Å². The number of nitrogen functional groups attached to an aromatic ring is 1. The number of hydrogen-bond donors (Lipinski definition) is 1. The van der Waals surface area contributed by atoms with Gasteiger partial charge in [-0.1, -0.05) is 12.5 Å². The van der Waals surface area contributed by atoms with Crippen LogP contribution < -0.4 is 10.5 Å². The molecule has 92 valence electrons. The summed E-state index contributed by atoms with van der Waals surface area (Å²) in [5.74, 6) is 2.18. The van der Waals surface area contributed by atoms with Crippen molar-refractivity contribution in [1.82, 2.24) is 0 Å². The topological polar surface area (TPSA) is 35.2 Å². The highest BCUT2D eigenvalue weighted by atomic mass is 19.1. The van der Waals surface area contributed by atoms with Crippen molar-refractivity contribution in [1.29, 1.82) is 0 Å². The van der Waals surface area contributed by atoms with Crippen LogP contribution in [0.4, 0.5) is 10.1 Å². The van der Waals surface area contributed by atoms with Gasteiger partial charge in [0.25, 0.3) is 0 Å². The maximum absolute atomic E-state index is 13.5. The highest BCUT2D eigenvalue weighted by Crippen LogP contribution is 2.48. The Morgan fingerprint density at radius 3 is 2.82 bits per heavy atom. The van der Waals surface area contributed by atoms with Crippen LogP contribution in [0.2, 0.25) is 0 Å². The van der Waals surface area contributed by atoms with E-state index in [-0.39, 0.29) is 11.6 Å². The van der Waals surface area contributed by atoms with E-state index < -0.39 is 0 Å². The van der Waals surface area contributed by atoms with Crippen molar-refractivity contribution in [2.45, 2.75) is 25.7 Å². The van der Waals surface area contributed by atoms with E-state index in [1.54, 1.807) is 12.1 Å². The highest BCUT2D eigenvalue weighted by Gasteiger charge is 2.39. The lowest BCUT2D eigenvalue weighted by Gasteiger charge is -2.22. The maximum Gasteiger partial charge on any atom is 0.177 e. The molecule has 3 heteroatoms. The van der Waals surface area contributed by atoms with Crippen molar-refractivity contribution >= 4 is 5.69 Å². The second-order valence-corrected chi connectivity index (χ2v) is 5.40. The Bertz CT molecular complexity index is 400. The van der Waals surface area contributed by atoms with Crippen molar-refractivity contribution in [2.24, 2.45) is 17.8 Å². The first-order valence-electron chi connectivity index (χ1n) is 6.41. The average molecular weight is 235 g/mol. The molecule has 3 rings (SSSR count). The van der Waals surface area contributed by atoms with E-state index in [2.05, 4.69) is 0 Å². The molecule has 0 amide bonds. The maximum atomic E-state index is 13.5. The normalized spacial score (nSPS) is 30.8. The van der Waals surface area contributed by atoms with E-state index in [0.29, 0.717) is 18.2 Å². The van der Waals surface area contributed by atoms with Crippen molar-refractivity contribution in [3.8, 4) is 5.75 Å². The molecule has 2 saturated carbocycles. The number of fused-ring (bicyclic) bond motifs is 2. The third kappa shape index (κ3) is 1.99. The minimum absolute atomic E-state index is 0.232. The second kappa shape index (κ2) is 4.21. The Morgan fingerprint density at radius 2 is 2.18 bits per heavy atom. The molecule has 0 saturated heterocycles. The van der Waals surface area contributed by atoms with Crippen LogP contribution in [0.15, 0.2) is 18.2 Å². The summed E-state index contributed by atoms with van der Waals surface area (Å²) in [7, 11) is 0. The van der Waals surface area contributed by atoms with Gasteiger partial charge in [0.2, 0.25) is 0 Å². The molecule has 1 aromatic rings. The fourth-order valence-electron chi connectivity index (χ4n) is 3.45. The van der Waals surface area contributed by atoms with Crippen molar-refractivity contribution in [3.05, 3.63) is 24.0 Å². The number of nitrogens with two attached hydrogens (primary N) is 1. The summed E-state index contributed by atoms with van der Waals surface area (Å²) in [6.07, 6.45) is 5.30. The zero-order valence-electron chi connectivity index (χ0n) is 9.86. The number of ether oxygens (including phenoxy) is 1. The number of hydrogen-bond acceptors (Lipinski definition) is 2. The highest BCUT2D eigenvalue weighted by molar-refractivity contribution is 5.52. The number of halogens is 1. The minimum atomic E-state index is -0.354. The Labute approximate surface area is 101 Å². The molecule has 0 heterocycles. The third-order valence-corrected chi connectivity index (χ3v) is 4.32. The van der Waals surface area contributed by atoms with Crippen molar-refractivity contribution in [3.63, 3.8) is 0 Å². The van der Waals surface area contributed by atoms with Crippen LogP contribution in [-0.2, 0) is 0 Å². The van der Waals surface area contributed by atoms with Gasteiger partial charge in [0.05, 0.1) is 12.3 Å². The molecule has 0 aliphatic heterocycles. The van der Waals surface area contributed by atoms with Crippen molar-refractivity contribution < 1.29 is 9.13 Å². The minimum Gasteiger partial charge on any atom is -0.488 e. The molecule has 2 aliphatic rings. The van der Waals surface area contributed by atoms with Crippen LogP contribution in [0.3, 0.4) is 0 Å². The van der Waals surface area contributed by atoms with E-state index in [9.17, 15) is 4.39 Å². The molecular weight excluding hydrogens is 217 g/mol. The average Bonchev–Trinajstić information content (AvgIpc) is 2.90. The molecule has 2 bridgehead atoms. The molecule has 2 N–H and O–H groups in total. The van der Waals surface area contributed by atoms with Gasteiger partial charge in [-0.3, -0.25) is 0 Å². The molecule has 2 aliphatic carbocycles. The molecule has 3 unspecified atom stereocenters. The van der Waals surface area contributed by atoms with E-state index >= 15 is 0 Å². The second-order valence-electron chi connectivity index (χ2n) is 5.40. The molecule has 3 atom stereocenters. The monoisotopic (exact) mass is 235 g/mol. The summed E-state index contributed by atoms with van der Waals surface area (Å²) in [5.41, 5.74) is 6.11. The summed E-state index contributed by atoms with van der Waals surface area (Å²) in [4.78, 5) is 0. The molecule has 0 radical (unpaired) electrons. The number of rotatable bonds is 3. The van der Waals surface area contributed by atoms with Gasteiger partial charge in [-0.05, 0) is 49.1 Å². The lowest BCUT2D eigenvalue weighted by Crippen LogP contribution is -2.19. The van der Waals surface area contributed by atoms with E-state index in [4.69, 9.17) is 10.5 Å². The van der Waals surface area contributed by atoms with Crippen LogP contribution in [0.1, 0.15) is 25.7 Å². The predicted molar refractivity (Wildman–Crippen MR) is 65.2 cm³/mol. The summed E-state index contributed by atoms with van der Waals surface area (Å²) in [6, 6.07) is 4.68. The Balaban J connectivity index is 1.64. The van der Waals surface area contributed by atoms with Crippen LogP contribution in [-0.4, -0.2) is 6.61 Å². The predicted octanol–water partition coefficient (Wildman–Crippen LogP) is 3.22. The van der Waals surface area contributed by atoms with Gasteiger partial charge < -0.3 is 10.5 Å². The fraction of sp³-hybridized carbons (Fsp3) is 0.571. The molecule has 1 aromatic carbocycles. The molecule has 0 spiro atoms. The van der Waals surface area contributed by atoms with Gasteiger partial charge in [-0.15, -0.1) is 0 Å². The molecular formula is C14H18FNO. The smallest absolute Gasteiger partial charge is 0.177 e. The van der Waals surface area contributed by atoms with Gasteiger partial charge in [0.1, 0.15) is 0 Å². The lowest BCUT2D eigenvalue weighted by atomic mass is 9.89. The molecule has 0 aromatic heterocycles. The summed E-state index contributed by atoms with van der Waals surface area (Å²) >= 11 is 0. The Kier molecular flexibility index (Phi) is 2.69. The zero-order valence-corrected chi connectivity index (χ0v) is 9.86. The number of anilines is 1. The van der Waals surface area contributed by atoms with E-state index in [1.165, 1.54) is 31.7 Å². The first-order chi connectivity index (χ1) is 8.24. The number of para-hydroxylation sites is 1. The van der Waals surface area contributed by atoms with Gasteiger partial charge in [0, 0.05) is 0 Å². The van der Waals surface area contributed by atoms with Gasteiger partial charge >= 0.3 is 0 Å². The fourth-order valence-corrected chi connectivity index (χ4v) is 3.45. The first kappa shape index (κ1) is 10.9. The van der Waals surface area contributed by atoms with Gasteiger partial charge in [-0.25, -0.2) is 4.39 Å². The number of benzene rings is 1. The third-order valence-electron chi connectivity index (χ3n) is 4.32. The van der Waals surface area contributed by atoms with Crippen LogP contribution in [0, 0.1) is 23.6 Å². The van der Waals surface area contributed by atoms with E-state index in [1.807, 2.05) is 0 Å². The molecule has 2 fully saturated rings. The van der Waals surface area contributed by atoms with Gasteiger partial charge in [-0.2, -0.15) is 0 Å². The first-order valence-corrected chi connectivity index (χ1v) is 6.41. The molecule has 17 heavy (non-hydrogen) atoms. The molecule has 2 nitrogen and oxygen atoms in total. The summed E-state index contributed by atoms with van der Waals surface area (Å²) in [5, 5.41) is 0. The van der Waals surface area contributed by atoms with Crippen LogP contribution >= 0.6 is 0 Å². The lowest BCUT2D eigenvalue weighted by molar-refractivity contribution is 0.190. The Morgan fingerprint density at radius 1 is 1.29 bits per heavy atom. The SMILES string of the molecule is Nc1cccc(F)c1OCC1CC2CCC1C2.